The predicted octanol–water partition coefficient (Wildman–Crippen LogP) is 2.74. The lowest BCUT2D eigenvalue weighted by Gasteiger charge is -2.12. The quantitative estimate of drug-likeness (QED) is 0.729. The molecular weight excluding hydrogens is 339 g/mol. The highest BCUT2D eigenvalue weighted by Gasteiger charge is 2.17. The van der Waals surface area contributed by atoms with Gasteiger partial charge in [-0.1, -0.05) is 12.1 Å². The van der Waals surface area contributed by atoms with Gasteiger partial charge in [-0.25, -0.2) is 9.07 Å². The highest BCUT2D eigenvalue weighted by molar-refractivity contribution is 5.67. The average Bonchev–Trinajstić information content (AvgIpc) is 3.02. The number of nitrogens with two attached hydrogens (primary N) is 1. The number of halogens is 1. The Morgan fingerprint density at radius 1 is 1.00 bits per heavy atom. The molecule has 2 aromatic carbocycles. The maximum absolute atomic E-state index is 13.0. The summed E-state index contributed by atoms with van der Waals surface area (Å²) in [6, 6.07) is 9.63. The molecule has 136 valence electrons. The molecule has 0 saturated heterocycles. The van der Waals surface area contributed by atoms with E-state index < -0.39 is 0 Å². The Labute approximate surface area is 150 Å². The molecule has 0 atom stereocenters. The lowest BCUT2D eigenvalue weighted by molar-refractivity contribution is 0.324. The second-order valence-corrected chi connectivity index (χ2v) is 5.49. The van der Waals surface area contributed by atoms with Gasteiger partial charge in [-0.15, -0.1) is 5.10 Å². The van der Waals surface area contributed by atoms with E-state index in [9.17, 15) is 4.39 Å². The molecule has 0 fully saturated rings. The molecule has 0 aliphatic rings. The van der Waals surface area contributed by atoms with Crippen LogP contribution in [0.1, 0.15) is 5.56 Å². The van der Waals surface area contributed by atoms with Crippen LogP contribution in [0.5, 0.6) is 17.2 Å². The fourth-order valence-electron chi connectivity index (χ4n) is 2.57. The van der Waals surface area contributed by atoms with Crippen molar-refractivity contribution in [2.45, 2.75) is 6.54 Å². The molecule has 26 heavy (non-hydrogen) atoms. The van der Waals surface area contributed by atoms with Gasteiger partial charge in [0.15, 0.2) is 17.3 Å². The van der Waals surface area contributed by atoms with Crippen LogP contribution in [0.2, 0.25) is 0 Å². The molecule has 0 unspecified atom stereocenters. The van der Waals surface area contributed by atoms with Gasteiger partial charge in [0.2, 0.25) is 11.7 Å². The number of methoxy groups -OCH3 is 3. The van der Waals surface area contributed by atoms with Gasteiger partial charge in [-0.05, 0) is 29.8 Å². The zero-order valence-corrected chi connectivity index (χ0v) is 14.7. The van der Waals surface area contributed by atoms with Gasteiger partial charge in [-0.3, -0.25) is 0 Å². The minimum atomic E-state index is -0.293. The summed E-state index contributed by atoms with van der Waals surface area (Å²) in [5.41, 5.74) is 7.51. The lowest BCUT2D eigenvalue weighted by Crippen LogP contribution is -2.06. The molecule has 0 radical (unpaired) electrons. The van der Waals surface area contributed by atoms with Crippen LogP contribution < -0.4 is 19.9 Å². The Kier molecular flexibility index (Phi) is 4.92. The summed E-state index contributed by atoms with van der Waals surface area (Å²) in [5.74, 6) is 1.85. The number of nitrogen functional groups attached to an aromatic ring is 1. The number of hydrogen-bond donors (Lipinski definition) is 1. The summed E-state index contributed by atoms with van der Waals surface area (Å²) in [7, 11) is 4.61. The van der Waals surface area contributed by atoms with E-state index in [0.717, 1.165) is 5.56 Å². The van der Waals surface area contributed by atoms with Crippen molar-refractivity contribution in [3.63, 3.8) is 0 Å². The number of aromatic nitrogens is 3. The summed E-state index contributed by atoms with van der Waals surface area (Å²) in [6.07, 6.45) is 0. The van der Waals surface area contributed by atoms with E-state index in [2.05, 4.69) is 10.1 Å². The van der Waals surface area contributed by atoms with Crippen LogP contribution >= 0.6 is 0 Å². The normalized spacial score (nSPS) is 10.6. The van der Waals surface area contributed by atoms with Crippen LogP contribution in [0, 0.1) is 5.82 Å². The predicted molar refractivity (Wildman–Crippen MR) is 95.0 cm³/mol. The maximum Gasteiger partial charge on any atom is 0.219 e. The van der Waals surface area contributed by atoms with Crippen LogP contribution in [-0.2, 0) is 6.54 Å². The molecule has 3 aromatic rings. The van der Waals surface area contributed by atoms with Gasteiger partial charge in [0.05, 0.1) is 27.9 Å². The number of ether oxygens (including phenoxy) is 3. The Morgan fingerprint density at radius 2 is 1.62 bits per heavy atom. The second kappa shape index (κ2) is 7.30. The van der Waals surface area contributed by atoms with E-state index in [-0.39, 0.29) is 11.8 Å². The SMILES string of the molecule is COc1cc(-c2nc(N)n(Cc3ccc(F)cc3)n2)cc(OC)c1OC. The van der Waals surface area contributed by atoms with E-state index in [0.29, 0.717) is 35.2 Å². The van der Waals surface area contributed by atoms with Crippen molar-refractivity contribution in [2.24, 2.45) is 0 Å². The topological polar surface area (TPSA) is 84.4 Å². The average molecular weight is 358 g/mol. The van der Waals surface area contributed by atoms with Gasteiger partial charge in [0, 0.05) is 5.56 Å². The zero-order valence-electron chi connectivity index (χ0n) is 14.7. The maximum atomic E-state index is 13.0. The van der Waals surface area contributed by atoms with Gasteiger partial charge in [-0.2, -0.15) is 4.98 Å². The van der Waals surface area contributed by atoms with Crippen LogP contribution in [-0.4, -0.2) is 36.1 Å². The summed E-state index contributed by atoms with van der Waals surface area (Å²) in [5, 5.41) is 4.44. The van der Waals surface area contributed by atoms with Crippen molar-refractivity contribution in [1.29, 1.82) is 0 Å². The second-order valence-electron chi connectivity index (χ2n) is 5.49. The number of benzene rings is 2. The van der Waals surface area contributed by atoms with Crippen molar-refractivity contribution in [3.8, 4) is 28.6 Å². The summed E-state index contributed by atoms with van der Waals surface area (Å²) >= 11 is 0. The number of nitrogens with zero attached hydrogens (tertiary/aromatic N) is 3. The highest BCUT2D eigenvalue weighted by atomic mass is 19.1. The molecule has 0 aliphatic carbocycles. The van der Waals surface area contributed by atoms with Crippen molar-refractivity contribution in [3.05, 3.63) is 47.8 Å². The van der Waals surface area contributed by atoms with Gasteiger partial charge in [0.1, 0.15) is 5.82 Å². The summed E-state index contributed by atoms with van der Waals surface area (Å²) in [6.45, 7) is 0.379. The third-order valence-electron chi connectivity index (χ3n) is 3.87. The van der Waals surface area contributed by atoms with Crippen LogP contribution in [0.15, 0.2) is 36.4 Å². The minimum absolute atomic E-state index is 0.248. The smallest absolute Gasteiger partial charge is 0.219 e. The van der Waals surface area contributed by atoms with Crippen molar-refractivity contribution in [2.75, 3.05) is 27.1 Å². The van der Waals surface area contributed by atoms with E-state index >= 15 is 0 Å². The standard InChI is InChI=1S/C18H19FN4O3/c1-24-14-8-12(9-15(25-2)16(14)26-3)17-21-18(20)23(22-17)10-11-4-6-13(19)7-5-11/h4-9H,10H2,1-3H3,(H2,20,21,22). The fraction of sp³-hybridized carbons (Fsp3) is 0.222. The van der Waals surface area contributed by atoms with E-state index in [1.165, 1.54) is 33.5 Å². The van der Waals surface area contributed by atoms with Crippen LogP contribution in [0.25, 0.3) is 11.4 Å². The van der Waals surface area contributed by atoms with Crippen LogP contribution in [0.3, 0.4) is 0 Å². The van der Waals surface area contributed by atoms with Crippen molar-refractivity contribution < 1.29 is 18.6 Å². The lowest BCUT2D eigenvalue weighted by atomic mass is 10.1. The highest BCUT2D eigenvalue weighted by Crippen LogP contribution is 2.40. The van der Waals surface area contributed by atoms with E-state index in [1.54, 1.807) is 28.9 Å². The first-order valence-electron chi connectivity index (χ1n) is 7.81. The van der Waals surface area contributed by atoms with Crippen LogP contribution in [0.4, 0.5) is 10.3 Å². The number of hydrogen-bond acceptors (Lipinski definition) is 6. The first-order valence-corrected chi connectivity index (χ1v) is 7.81. The van der Waals surface area contributed by atoms with Crippen molar-refractivity contribution in [1.82, 2.24) is 14.8 Å². The third kappa shape index (κ3) is 3.39. The fourth-order valence-corrected chi connectivity index (χ4v) is 2.57. The zero-order chi connectivity index (χ0) is 18.7. The van der Waals surface area contributed by atoms with Crippen molar-refractivity contribution >= 4 is 5.95 Å². The van der Waals surface area contributed by atoms with E-state index in [1.807, 2.05) is 0 Å². The molecular formula is C18H19FN4O3. The molecule has 8 heteroatoms. The molecule has 0 saturated carbocycles. The number of anilines is 1. The first kappa shape index (κ1) is 17.5. The minimum Gasteiger partial charge on any atom is -0.493 e. The molecule has 1 aromatic heterocycles. The first-order chi connectivity index (χ1) is 12.5. The Hall–Kier alpha value is -3.29. The Balaban J connectivity index is 1.96. The number of rotatable bonds is 6. The third-order valence-corrected chi connectivity index (χ3v) is 3.87. The summed E-state index contributed by atoms with van der Waals surface area (Å²) < 4.78 is 30.6. The molecule has 0 amide bonds. The molecule has 0 bridgehead atoms. The monoisotopic (exact) mass is 358 g/mol. The van der Waals surface area contributed by atoms with Gasteiger partial charge >= 0.3 is 0 Å². The van der Waals surface area contributed by atoms with E-state index in [4.69, 9.17) is 19.9 Å². The Bertz CT molecular complexity index is 884. The molecule has 2 N–H and O–H groups in total. The molecule has 7 nitrogen and oxygen atoms in total. The van der Waals surface area contributed by atoms with Gasteiger partial charge < -0.3 is 19.9 Å². The largest absolute Gasteiger partial charge is 0.493 e. The van der Waals surface area contributed by atoms with Gasteiger partial charge in [0.25, 0.3) is 0 Å². The molecule has 1 heterocycles. The summed E-state index contributed by atoms with van der Waals surface area (Å²) in [4.78, 5) is 4.30. The molecule has 0 aliphatic heterocycles. The Morgan fingerprint density at radius 3 is 2.15 bits per heavy atom. The molecule has 0 spiro atoms. The molecule has 3 rings (SSSR count).